The number of amides is 1. The summed E-state index contributed by atoms with van der Waals surface area (Å²) in [5, 5.41) is 28.4. The Morgan fingerprint density at radius 1 is 1.52 bits per heavy atom. The Hall–Kier alpha value is -1.87. The molecule has 0 spiro atoms. The van der Waals surface area contributed by atoms with E-state index in [1.165, 1.54) is 6.21 Å². The first-order valence-corrected chi connectivity index (χ1v) is 8.39. The second-order valence-electron chi connectivity index (χ2n) is 4.71. The zero-order valence-electron chi connectivity index (χ0n) is 12.1. The van der Waals surface area contributed by atoms with Gasteiger partial charge in [-0.05, 0) is 40.0 Å². The molecule has 1 aromatic carbocycles. The fourth-order valence-corrected chi connectivity index (χ4v) is 3.31. The number of carboxylic acid groups (broad SMARTS) is 1. The lowest BCUT2D eigenvalue weighted by Crippen LogP contribution is -2.26. The molecule has 23 heavy (non-hydrogen) atoms. The summed E-state index contributed by atoms with van der Waals surface area (Å²) in [6.07, 6.45) is 1.91. The molecule has 1 amide bonds. The lowest BCUT2D eigenvalue weighted by atomic mass is 10.1. The highest BCUT2D eigenvalue weighted by molar-refractivity contribution is 9.10. The molecule has 0 radical (unpaired) electrons. The second-order valence-corrected chi connectivity index (χ2v) is 6.76. The number of nitrogens with one attached hydrogen (secondary N) is 1. The maximum absolute atomic E-state index is 11.6. The lowest BCUT2D eigenvalue weighted by molar-refractivity contribution is -0.138. The molecule has 1 atom stereocenters. The Balaban J connectivity index is 2.11. The molecule has 1 heterocycles. The Kier molecular flexibility index (Phi) is 5.78. The molecule has 0 aliphatic carbocycles. The number of amidine groups is 1. The zero-order chi connectivity index (χ0) is 17.0. The van der Waals surface area contributed by atoms with Gasteiger partial charge in [0.1, 0.15) is 11.0 Å². The predicted octanol–water partition coefficient (Wildman–Crippen LogP) is 2.11. The van der Waals surface area contributed by atoms with E-state index < -0.39 is 17.1 Å². The standard InChI is InChI=1S/C14H14BrN3O4S/c1-2-7-3-8(12(21)9(15)4-7)6-16-18-14-17-13(22)10(23-14)5-11(19)20/h3-4,6,10,21H,2,5H2,1H3,(H,19,20)(H,17,18,22). The van der Waals surface area contributed by atoms with Crippen LogP contribution in [-0.2, 0) is 16.0 Å². The van der Waals surface area contributed by atoms with Gasteiger partial charge in [0.2, 0.25) is 5.91 Å². The topological polar surface area (TPSA) is 111 Å². The van der Waals surface area contributed by atoms with Gasteiger partial charge in [0.05, 0.1) is 17.1 Å². The van der Waals surface area contributed by atoms with Crippen LogP contribution in [-0.4, -0.2) is 38.7 Å². The number of hydrogen-bond acceptors (Lipinski definition) is 6. The van der Waals surface area contributed by atoms with Crippen LogP contribution in [0.4, 0.5) is 0 Å². The molecule has 0 bridgehead atoms. The molecule has 0 saturated carbocycles. The molecule has 3 N–H and O–H groups in total. The summed E-state index contributed by atoms with van der Waals surface area (Å²) in [4.78, 5) is 22.2. The fourth-order valence-electron chi connectivity index (χ4n) is 1.87. The first kappa shape index (κ1) is 17.5. The number of phenolic OH excluding ortho intramolecular Hbond substituents is 1. The van der Waals surface area contributed by atoms with Crippen molar-refractivity contribution in [1.82, 2.24) is 5.32 Å². The fraction of sp³-hybridized carbons (Fsp3) is 0.286. The lowest BCUT2D eigenvalue weighted by Gasteiger charge is -2.04. The number of hydrogen-bond donors (Lipinski definition) is 3. The van der Waals surface area contributed by atoms with E-state index in [1.807, 2.05) is 13.0 Å². The summed E-state index contributed by atoms with van der Waals surface area (Å²) in [5.74, 6) is -1.39. The number of nitrogens with zero attached hydrogens (tertiary/aromatic N) is 2. The molecule has 7 nitrogen and oxygen atoms in total. The van der Waals surface area contributed by atoms with E-state index in [1.54, 1.807) is 6.07 Å². The molecular formula is C14H14BrN3O4S. The molecule has 1 aliphatic rings. The first-order valence-electron chi connectivity index (χ1n) is 6.72. The Morgan fingerprint density at radius 2 is 2.26 bits per heavy atom. The highest BCUT2D eigenvalue weighted by atomic mass is 79.9. The van der Waals surface area contributed by atoms with Crippen LogP contribution in [0.15, 0.2) is 26.8 Å². The average Bonchev–Trinajstić information content (AvgIpc) is 2.82. The van der Waals surface area contributed by atoms with Crippen molar-refractivity contribution in [3.8, 4) is 5.75 Å². The van der Waals surface area contributed by atoms with Gasteiger partial charge < -0.3 is 15.5 Å². The molecule has 0 aromatic heterocycles. The second kappa shape index (κ2) is 7.60. The third-order valence-corrected chi connectivity index (χ3v) is 4.72. The van der Waals surface area contributed by atoms with E-state index in [2.05, 4.69) is 31.4 Å². The van der Waals surface area contributed by atoms with Crippen LogP contribution < -0.4 is 5.32 Å². The minimum absolute atomic E-state index is 0.0537. The molecule has 1 saturated heterocycles. The van der Waals surface area contributed by atoms with E-state index >= 15 is 0 Å². The van der Waals surface area contributed by atoms with Gasteiger partial charge in [-0.15, -0.1) is 5.10 Å². The van der Waals surface area contributed by atoms with Crippen LogP contribution in [0, 0.1) is 0 Å². The van der Waals surface area contributed by atoms with Crippen molar-refractivity contribution in [2.24, 2.45) is 10.2 Å². The number of carbonyl (C=O) groups is 2. The van der Waals surface area contributed by atoms with Gasteiger partial charge in [-0.3, -0.25) is 9.59 Å². The van der Waals surface area contributed by atoms with Gasteiger partial charge in [0, 0.05) is 5.56 Å². The normalized spacial score (nSPS) is 19.5. The van der Waals surface area contributed by atoms with Crippen LogP contribution in [0.1, 0.15) is 24.5 Å². The van der Waals surface area contributed by atoms with Gasteiger partial charge in [-0.2, -0.15) is 5.10 Å². The SMILES string of the molecule is CCc1cc(Br)c(O)c(C=NN=C2NC(=O)C(CC(=O)O)S2)c1. The molecule has 1 unspecified atom stereocenters. The zero-order valence-corrected chi connectivity index (χ0v) is 14.5. The number of carbonyl (C=O) groups excluding carboxylic acids is 1. The van der Waals surface area contributed by atoms with Crippen molar-refractivity contribution in [2.45, 2.75) is 25.0 Å². The number of thioether (sulfide) groups is 1. The predicted molar refractivity (Wildman–Crippen MR) is 92.0 cm³/mol. The minimum atomic E-state index is -1.05. The van der Waals surface area contributed by atoms with Crippen molar-refractivity contribution >= 4 is 51.0 Å². The number of phenols is 1. The number of aryl methyl sites for hydroxylation is 1. The van der Waals surface area contributed by atoms with Crippen molar-refractivity contribution in [2.75, 3.05) is 0 Å². The number of aliphatic carboxylic acids is 1. The van der Waals surface area contributed by atoms with Crippen molar-refractivity contribution in [1.29, 1.82) is 0 Å². The van der Waals surface area contributed by atoms with Gasteiger partial charge in [-0.1, -0.05) is 18.7 Å². The van der Waals surface area contributed by atoms with Crippen LogP contribution in [0.25, 0.3) is 0 Å². The van der Waals surface area contributed by atoms with E-state index in [4.69, 9.17) is 5.11 Å². The number of carboxylic acids is 1. The summed E-state index contributed by atoms with van der Waals surface area (Å²) < 4.78 is 0.566. The molecule has 1 aliphatic heterocycles. The molecule has 2 rings (SSSR count). The summed E-state index contributed by atoms with van der Waals surface area (Å²) in [6, 6.07) is 3.61. The Labute approximate surface area is 145 Å². The van der Waals surface area contributed by atoms with E-state index in [0.717, 1.165) is 23.7 Å². The highest BCUT2D eigenvalue weighted by Crippen LogP contribution is 2.29. The highest BCUT2D eigenvalue weighted by Gasteiger charge is 2.32. The Morgan fingerprint density at radius 3 is 2.91 bits per heavy atom. The van der Waals surface area contributed by atoms with Crippen molar-refractivity contribution in [3.63, 3.8) is 0 Å². The summed E-state index contributed by atoms with van der Waals surface area (Å²) in [5.41, 5.74) is 1.52. The van der Waals surface area contributed by atoms with Gasteiger partial charge in [0.15, 0.2) is 5.17 Å². The molecular weight excluding hydrogens is 386 g/mol. The maximum atomic E-state index is 11.6. The number of rotatable bonds is 5. The van der Waals surface area contributed by atoms with Crippen LogP contribution in [0.5, 0.6) is 5.75 Å². The molecule has 1 fully saturated rings. The van der Waals surface area contributed by atoms with Crippen LogP contribution in [0.3, 0.4) is 0 Å². The van der Waals surface area contributed by atoms with E-state index in [9.17, 15) is 14.7 Å². The molecule has 122 valence electrons. The van der Waals surface area contributed by atoms with Crippen LogP contribution >= 0.6 is 27.7 Å². The third kappa shape index (κ3) is 4.55. The summed E-state index contributed by atoms with van der Waals surface area (Å²) in [6.45, 7) is 1.99. The quantitative estimate of drug-likeness (QED) is 0.518. The smallest absolute Gasteiger partial charge is 0.305 e. The van der Waals surface area contributed by atoms with Gasteiger partial charge in [-0.25, -0.2) is 0 Å². The molecule has 9 heteroatoms. The van der Waals surface area contributed by atoms with Crippen molar-refractivity contribution in [3.05, 3.63) is 27.7 Å². The third-order valence-electron chi connectivity index (χ3n) is 3.04. The van der Waals surface area contributed by atoms with E-state index in [-0.39, 0.29) is 17.3 Å². The summed E-state index contributed by atoms with van der Waals surface area (Å²) in [7, 11) is 0. The minimum Gasteiger partial charge on any atom is -0.506 e. The van der Waals surface area contributed by atoms with Crippen LogP contribution in [0.2, 0.25) is 0 Å². The summed E-state index contributed by atoms with van der Waals surface area (Å²) >= 11 is 4.29. The molecule has 1 aromatic rings. The number of aromatic hydroxyl groups is 1. The maximum Gasteiger partial charge on any atom is 0.305 e. The number of benzene rings is 1. The average molecular weight is 400 g/mol. The van der Waals surface area contributed by atoms with Gasteiger partial charge >= 0.3 is 5.97 Å². The Bertz CT molecular complexity index is 706. The van der Waals surface area contributed by atoms with Gasteiger partial charge in [0.25, 0.3) is 0 Å². The monoisotopic (exact) mass is 399 g/mol. The number of halogens is 1. The van der Waals surface area contributed by atoms with E-state index in [0.29, 0.717) is 10.0 Å². The first-order chi connectivity index (χ1) is 10.9. The van der Waals surface area contributed by atoms with Crippen molar-refractivity contribution < 1.29 is 19.8 Å². The largest absolute Gasteiger partial charge is 0.506 e.